The molecule has 0 fully saturated rings. The minimum Gasteiger partial charge on any atom is -0.347 e. The maximum absolute atomic E-state index is 13.6. The number of anilines is 1. The maximum Gasteiger partial charge on any atom is 0.246 e. The van der Waals surface area contributed by atoms with Crippen LogP contribution in [0.15, 0.2) is 91.0 Å². The van der Waals surface area contributed by atoms with Crippen LogP contribution in [-0.4, -0.2) is 41.1 Å². The zero-order valence-corrected chi connectivity index (χ0v) is 24.6. The average molecular weight is 578 g/mol. The summed E-state index contributed by atoms with van der Waals surface area (Å²) in [5.74, 6) is -1.89. The fourth-order valence-corrected chi connectivity index (χ4v) is 6.09. The summed E-state index contributed by atoms with van der Waals surface area (Å²) in [6.45, 7) is 3.92. The SMILES string of the molecule is CC(C)C[C@H](NC(=O)C(CCc1ccccc1)CP(=O)(O)CNC(=O)Cc1ccccc1)C(=O)Nc1ccccc1. The lowest BCUT2D eigenvalue weighted by molar-refractivity contribution is -0.129. The van der Waals surface area contributed by atoms with Gasteiger partial charge in [0.1, 0.15) is 6.04 Å². The van der Waals surface area contributed by atoms with E-state index in [1.165, 1.54) is 0 Å². The first-order valence-electron chi connectivity index (χ1n) is 13.9. The number of nitrogens with one attached hydrogen (secondary N) is 3. The van der Waals surface area contributed by atoms with Gasteiger partial charge in [0.05, 0.1) is 12.7 Å². The van der Waals surface area contributed by atoms with Crippen LogP contribution in [0.1, 0.15) is 37.8 Å². The lowest BCUT2D eigenvalue weighted by atomic mass is 9.98. The minimum atomic E-state index is -3.93. The van der Waals surface area contributed by atoms with Crippen molar-refractivity contribution in [1.82, 2.24) is 10.6 Å². The van der Waals surface area contributed by atoms with Gasteiger partial charge in [-0.05, 0) is 48.4 Å². The predicted octanol–water partition coefficient (Wildman–Crippen LogP) is 4.99. The lowest BCUT2D eigenvalue weighted by Crippen LogP contribution is -2.47. The molecule has 0 radical (unpaired) electrons. The molecule has 4 N–H and O–H groups in total. The largest absolute Gasteiger partial charge is 0.347 e. The Morgan fingerprint density at radius 1 is 0.805 bits per heavy atom. The van der Waals surface area contributed by atoms with Gasteiger partial charge < -0.3 is 20.8 Å². The Balaban J connectivity index is 1.69. The number of para-hydroxylation sites is 1. The average Bonchev–Trinajstić information content (AvgIpc) is 2.95. The fourth-order valence-electron chi connectivity index (χ4n) is 4.50. The molecule has 3 aromatic rings. The highest BCUT2D eigenvalue weighted by molar-refractivity contribution is 7.58. The van der Waals surface area contributed by atoms with Crippen LogP contribution in [0, 0.1) is 11.8 Å². The van der Waals surface area contributed by atoms with E-state index in [1.807, 2.05) is 92.7 Å². The van der Waals surface area contributed by atoms with Gasteiger partial charge in [-0.1, -0.05) is 92.7 Å². The molecule has 0 saturated carbocycles. The topological polar surface area (TPSA) is 125 Å². The smallest absolute Gasteiger partial charge is 0.246 e. The van der Waals surface area contributed by atoms with Crippen molar-refractivity contribution in [3.05, 3.63) is 102 Å². The zero-order valence-electron chi connectivity index (χ0n) is 23.7. The van der Waals surface area contributed by atoms with Gasteiger partial charge in [-0.3, -0.25) is 18.9 Å². The van der Waals surface area contributed by atoms with Crippen LogP contribution in [0.2, 0.25) is 0 Å². The van der Waals surface area contributed by atoms with Gasteiger partial charge in [0.25, 0.3) is 0 Å². The van der Waals surface area contributed by atoms with Crippen LogP contribution in [0.25, 0.3) is 0 Å². The minimum absolute atomic E-state index is 0.0895. The first kappa shape index (κ1) is 31.8. The second-order valence-corrected chi connectivity index (χ2v) is 13.1. The molecule has 0 aliphatic rings. The summed E-state index contributed by atoms with van der Waals surface area (Å²) in [6, 6.07) is 26.9. The first-order valence-corrected chi connectivity index (χ1v) is 16.0. The molecule has 3 amide bonds. The Morgan fingerprint density at radius 2 is 1.37 bits per heavy atom. The summed E-state index contributed by atoms with van der Waals surface area (Å²) in [5, 5.41) is 8.25. The normalized spacial score (nSPS) is 14.0. The number of rotatable bonds is 15. The molecule has 0 heterocycles. The van der Waals surface area contributed by atoms with E-state index in [1.54, 1.807) is 12.1 Å². The number of carbonyl (C=O) groups is 3. The molecule has 0 bridgehead atoms. The van der Waals surface area contributed by atoms with Crippen LogP contribution in [0.5, 0.6) is 0 Å². The summed E-state index contributed by atoms with van der Waals surface area (Å²) in [7, 11) is -3.93. The molecule has 3 aromatic carbocycles. The van der Waals surface area contributed by atoms with E-state index in [9.17, 15) is 23.8 Å². The van der Waals surface area contributed by atoms with Crippen molar-refractivity contribution in [3.63, 3.8) is 0 Å². The fraction of sp³-hybridized carbons (Fsp3) is 0.344. The molecule has 9 heteroatoms. The standard InChI is InChI=1S/C32H40N3O5P/c1-24(2)20-29(32(38)34-28-16-10-5-11-17-28)35-31(37)27(19-18-25-12-6-3-7-13-25)22-41(39,40)23-33-30(36)21-26-14-8-4-9-15-26/h3-17,24,27,29H,18-23H2,1-2H3,(H,33,36)(H,34,38)(H,35,37)(H,39,40)/t27?,29-/m0/s1. The van der Waals surface area contributed by atoms with Crippen molar-refractivity contribution in [1.29, 1.82) is 0 Å². The second kappa shape index (κ2) is 15.9. The number of benzene rings is 3. The van der Waals surface area contributed by atoms with Gasteiger partial charge in [-0.15, -0.1) is 0 Å². The zero-order chi connectivity index (χ0) is 29.7. The number of carbonyl (C=O) groups excluding carboxylic acids is 3. The van der Waals surface area contributed by atoms with Crippen molar-refractivity contribution in [2.75, 3.05) is 17.8 Å². The van der Waals surface area contributed by atoms with E-state index in [0.717, 1.165) is 11.1 Å². The van der Waals surface area contributed by atoms with E-state index in [-0.39, 0.29) is 30.3 Å². The molecule has 218 valence electrons. The quantitative estimate of drug-likeness (QED) is 0.190. The molecular formula is C32H40N3O5P. The van der Waals surface area contributed by atoms with Gasteiger partial charge in [0.15, 0.2) is 0 Å². The number of amides is 3. The van der Waals surface area contributed by atoms with Crippen molar-refractivity contribution < 1.29 is 23.8 Å². The molecule has 0 aliphatic carbocycles. The van der Waals surface area contributed by atoms with E-state index >= 15 is 0 Å². The van der Waals surface area contributed by atoms with Crippen molar-refractivity contribution >= 4 is 30.8 Å². The summed E-state index contributed by atoms with van der Waals surface area (Å²) in [6.07, 6.45) is 0.579. The van der Waals surface area contributed by atoms with E-state index < -0.39 is 31.5 Å². The van der Waals surface area contributed by atoms with E-state index in [2.05, 4.69) is 16.0 Å². The lowest BCUT2D eigenvalue weighted by Gasteiger charge is -2.25. The molecule has 8 nitrogen and oxygen atoms in total. The van der Waals surface area contributed by atoms with Crippen LogP contribution in [0.3, 0.4) is 0 Å². The molecule has 0 saturated heterocycles. The number of hydrogen-bond acceptors (Lipinski definition) is 4. The number of aryl methyl sites for hydroxylation is 1. The van der Waals surface area contributed by atoms with Crippen molar-refractivity contribution in [2.45, 2.75) is 45.6 Å². The Bertz CT molecular complexity index is 1300. The Kier molecular flexibility index (Phi) is 12.3. The molecule has 3 atom stereocenters. The third kappa shape index (κ3) is 11.7. The van der Waals surface area contributed by atoms with Crippen LogP contribution < -0.4 is 16.0 Å². The highest BCUT2D eigenvalue weighted by atomic mass is 31.2. The van der Waals surface area contributed by atoms with E-state index in [4.69, 9.17) is 0 Å². The molecule has 0 spiro atoms. The van der Waals surface area contributed by atoms with Crippen molar-refractivity contribution in [3.8, 4) is 0 Å². The Morgan fingerprint density at radius 3 is 1.95 bits per heavy atom. The molecule has 0 aliphatic heterocycles. The van der Waals surface area contributed by atoms with Crippen LogP contribution in [0.4, 0.5) is 5.69 Å². The molecule has 0 aromatic heterocycles. The maximum atomic E-state index is 13.6. The third-order valence-corrected chi connectivity index (χ3v) is 8.28. The highest BCUT2D eigenvalue weighted by Crippen LogP contribution is 2.42. The molecule has 2 unspecified atom stereocenters. The summed E-state index contributed by atoms with van der Waals surface area (Å²) < 4.78 is 13.2. The molecule has 41 heavy (non-hydrogen) atoms. The predicted molar refractivity (Wildman–Crippen MR) is 163 cm³/mol. The first-order chi connectivity index (χ1) is 19.6. The highest BCUT2D eigenvalue weighted by Gasteiger charge is 2.32. The van der Waals surface area contributed by atoms with Crippen LogP contribution >= 0.6 is 7.37 Å². The van der Waals surface area contributed by atoms with Gasteiger partial charge in [-0.2, -0.15) is 0 Å². The number of hydrogen-bond donors (Lipinski definition) is 4. The van der Waals surface area contributed by atoms with Gasteiger partial charge in [0.2, 0.25) is 25.1 Å². The van der Waals surface area contributed by atoms with Crippen molar-refractivity contribution in [2.24, 2.45) is 11.8 Å². The summed E-state index contributed by atoms with van der Waals surface area (Å²) in [4.78, 5) is 49.9. The summed E-state index contributed by atoms with van der Waals surface area (Å²) >= 11 is 0. The Hall–Kier alpha value is -3.74. The third-order valence-electron chi connectivity index (χ3n) is 6.61. The second-order valence-electron chi connectivity index (χ2n) is 10.7. The Labute approximate surface area is 242 Å². The monoisotopic (exact) mass is 577 g/mol. The molecule has 3 rings (SSSR count). The van der Waals surface area contributed by atoms with Gasteiger partial charge in [0, 0.05) is 17.8 Å². The summed E-state index contributed by atoms with van der Waals surface area (Å²) in [5.41, 5.74) is 2.41. The molecular weight excluding hydrogens is 537 g/mol. The van der Waals surface area contributed by atoms with Gasteiger partial charge >= 0.3 is 0 Å². The van der Waals surface area contributed by atoms with Gasteiger partial charge in [-0.25, -0.2) is 0 Å². The van der Waals surface area contributed by atoms with Crippen LogP contribution in [-0.2, 0) is 31.8 Å². The van der Waals surface area contributed by atoms with E-state index in [0.29, 0.717) is 24.9 Å².